The molecule has 0 fully saturated rings. The molecule has 8 heteroatoms. The number of aromatic nitrogens is 1. The van der Waals surface area contributed by atoms with Crippen LogP contribution in [0.1, 0.15) is 17.7 Å². The number of halogens is 2. The molecule has 84 valence electrons. The highest BCUT2D eigenvalue weighted by molar-refractivity contribution is 5.43. The van der Waals surface area contributed by atoms with Crippen molar-refractivity contribution in [2.75, 3.05) is 0 Å². The van der Waals surface area contributed by atoms with Crippen molar-refractivity contribution in [3.63, 3.8) is 0 Å². The molecule has 0 saturated carbocycles. The molecule has 0 unspecified atom stereocenters. The Hall–Kier alpha value is -2.30. The first-order chi connectivity index (χ1) is 7.47. The molecule has 1 aromatic rings. The topological polar surface area (TPSA) is 100 Å². The normalized spacial score (nSPS) is 10.1. The van der Waals surface area contributed by atoms with Gasteiger partial charge in [0.15, 0.2) is 5.75 Å². The standard InChI is InChI=1S/C8H5F2N3O3/c9-7(10)4-3-6(14)5(1-2-11)12-8(4)13(15)16/h3,7,14H,1H2. The summed E-state index contributed by atoms with van der Waals surface area (Å²) in [6, 6.07) is 2.17. The number of nitrogens with zero attached hydrogens (tertiary/aromatic N) is 3. The maximum atomic E-state index is 12.4. The number of hydrogen-bond acceptors (Lipinski definition) is 5. The Balaban J connectivity index is 3.38. The molecule has 6 nitrogen and oxygen atoms in total. The molecule has 16 heavy (non-hydrogen) atoms. The van der Waals surface area contributed by atoms with Gasteiger partial charge in [0.05, 0.1) is 6.07 Å². The third kappa shape index (κ3) is 2.20. The van der Waals surface area contributed by atoms with Gasteiger partial charge in [-0.2, -0.15) is 5.26 Å². The van der Waals surface area contributed by atoms with Crippen LogP contribution in [-0.4, -0.2) is 15.0 Å². The van der Waals surface area contributed by atoms with E-state index in [1.54, 1.807) is 6.07 Å². The van der Waals surface area contributed by atoms with E-state index < -0.39 is 34.9 Å². The Bertz CT molecular complexity index is 470. The van der Waals surface area contributed by atoms with Crippen LogP contribution in [0.3, 0.4) is 0 Å². The monoisotopic (exact) mass is 229 g/mol. The molecule has 0 saturated heterocycles. The van der Waals surface area contributed by atoms with E-state index in [0.717, 1.165) is 0 Å². The van der Waals surface area contributed by atoms with E-state index in [-0.39, 0.29) is 5.69 Å². The van der Waals surface area contributed by atoms with Gasteiger partial charge in [-0.05, 0) is 9.91 Å². The Kier molecular flexibility index (Phi) is 3.30. The summed E-state index contributed by atoms with van der Waals surface area (Å²) in [4.78, 5) is 12.6. The lowest BCUT2D eigenvalue weighted by molar-refractivity contribution is -0.391. The van der Waals surface area contributed by atoms with Gasteiger partial charge < -0.3 is 15.2 Å². The molecular formula is C8H5F2N3O3. The van der Waals surface area contributed by atoms with E-state index in [1.165, 1.54) is 0 Å². The van der Waals surface area contributed by atoms with Crippen molar-refractivity contribution in [1.82, 2.24) is 4.98 Å². The van der Waals surface area contributed by atoms with Crippen LogP contribution >= 0.6 is 0 Å². The smallest absolute Gasteiger partial charge is 0.372 e. The van der Waals surface area contributed by atoms with Gasteiger partial charge in [0.25, 0.3) is 6.43 Å². The number of alkyl halides is 2. The summed E-state index contributed by atoms with van der Waals surface area (Å²) in [6.45, 7) is 0. The molecule has 1 aromatic heterocycles. The second-order valence-electron chi connectivity index (χ2n) is 2.76. The SMILES string of the molecule is N#CCc1nc([N+](=O)[O-])c(C(F)F)cc1O. The molecule has 0 radical (unpaired) electrons. The molecule has 0 spiro atoms. The van der Waals surface area contributed by atoms with Gasteiger partial charge in [0, 0.05) is 6.07 Å². The predicted octanol–water partition coefficient (Wildman–Crippen LogP) is 1.70. The minimum atomic E-state index is -3.12. The van der Waals surface area contributed by atoms with Crippen LogP contribution < -0.4 is 0 Å². The average molecular weight is 229 g/mol. The third-order valence-corrected chi connectivity index (χ3v) is 1.74. The van der Waals surface area contributed by atoms with E-state index >= 15 is 0 Å². The number of nitro groups is 1. The van der Waals surface area contributed by atoms with Crippen LogP contribution in [0.15, 0.2) is 6.07 Å². The van der Waals surface area contributed by atoms with Gasteiger partial charge in [-0.15, -0.1) is 0 Å². The lowest BCUT2D eigenvalue weighted by Crippen LogP contribution is -2.02. The number of aromatic hydroxyl groups is 1. The lowest BCUT2D eigenvalue weighted by Gasteiger charge is -2.03. The molecule has 1 N–H and O–H groups in total. The number of pyridine rings is 1. The minimum Gasteiger partial charge on any atom is -0.504 e. The summed E-state index contributed by atoms with van der Waals surface area (Å²) in [6.07, 6.45) is -3.51. The predicted molar refractivity (Wildman–Crippen MR) is 46.8 cm³/mol. The number of nitriles is 1. The summed E-state index contributed by atoms with van der Waals surface area (Å²) >= 11 is 0. The maximum absolute atomic E-state index is 12.4. The van der Waals surface area contributed by atoms with Crippen molar-refractivity contribution >= 4 is 5.82 Å². The van der Waals surface area contributed by atoms with E-state index in [9.17, 15) is 24.0 Å². The quantitative estimate of drug-likeness (QED) is 0.627. The first-order valence-corrected chi connectivity index (χ1v) is 3.99. The average Bonchev–Trinajstić information content (AvgIpc) is 2.20. The first-order valence-electron chi connectivity index (χ1n) is 3.99. The fraction of sp³-hybridized carbons (Fsp3) is 0.250. The minimum absolute atomic E-state index is 0.293. The van der Waals surface area contributed by atoms with E-state index in [0.29, 0.717) is 6.07 Å². The summed E-state index contributed by atoms with van der Waals surface area (Å²) < 4.78 is 24.7. The molecule has 0 aliphatic heterocycles. The van der Waals surface area contributed by atoms with Gasteiger partial charge in [-0.3, -0.25) is 0 Å². The van der Waals surface area contributed by atoms with Crippen molar-refractivity contribution < 1.29 is 18.8 Å². The van der Waals surface area contributed by atoms with Gasteiger partial charge in [-0.25, -0.2) is 8.78 Å². The molecule has 0 aliphatic carbocycles. The summed E-state index contributed by atoms with van der Waals surface area (Å²) in [5.41, 5.74) is -1.26. The Morgan fingerprint density at radius 1 is 1.69 bits per heavy atom. The lowest BCUT2D eigenvalue weighted by atomic mass is 10.2. The molecule has 0 amide bonds. The first kappa shape index (κ1) is 11.8. The molecular weight excluding hydrogens is 224 g/mol. The Morgan fingerprint density at radius 2 is 2.31 bits per heavy atom. The zero-order valence-electron chi connectivity index (χ0n) is 7.72. The summed E-state index contributed by atoms with van der Waals surface area (Å²) in [7, 11) is 0. The van der Waals surface area contributed by atoms with Gasteiger partial charge in [0.1, 0.15) is 12.0 Å². The second-order valence-corrected chi connectivity index (χ2v) is 2.76. The van der Waals surface area contributed by atoms with E-state index in [1.807, 2.05) is 0 Å². The van der Waals surface area contributed by atoms with E-state index in [4.69, 9.17) is 5.26 Å². The maximum Gasteiger partial charge on any atom is 0.372 e. The van der Waals surface area contributed by atoms with Gasteiger partial charge in [-0.1, -0.05) is 0 Å². The van der Waals surface area contributed by atoms with Gasteiger partial charge in [0.2, 0.25) is 5.69 Å². The van der Waals surface area contributed by atoms with Crippen LogP contribution in [0.25, 0.3) is 0 Å². The fourth-order valence-electron chi connectivity index (χ4n) is 1.06. The molecule has 0 atom stereocenters. The highest BCUT2D eigenvalue weighted by atomic mass is 19.3. The van der Waals surface area contributed by atoms with Crippen molar-refractivity contribution in [1.29, 1.82) is 5.26 Å². The molecule has 0 aliphatic rings. The van der Waals surface area contributed by atoms with Crippen LogP contribution in [0, 0.1) is 21.4 Å². The fourth-order valence-corrected chi connectivity index (χ4v) is 1.06. The largest absolute Gasteiger partial charge is 0.504 e. The number of rotatable bonds is 3. The van der Waals surface area contributed by atoms with Crippen molar-refractivity contribution in [2.24, 2.45) is 0 Å². The summed E-state index contributed by atoms with van der Waals surface area (Å²) in [5, 5.41) is 28.0. The zero-order valence-corrected chi connectivity index (χ0v) is 7.72. The highest BCUT2D eigenvalue weighted by Gasteiger charge is 2.27. The molecule has 0 aromatic carbocycles. The van der Waals surface area contributed by atoms with Crippen molar-refractivity contribution in [3.05, 3.63) is 27.4 Å². The molecule has 1 rings (SSSR count). The van der Waals surface area contributed by atoms with Crippen LogP contribution in [-0.2, 0) is 6.42 Å². The van der Waals surface area contributed by atoms with Crippen LogP contribution in [0.2, 0.25) is 0 Å². The Labute approximate surface area is 87.9 Å². The van der Waals surface area contributed by atoms with Crippen LogP contribution in [0.4, 0.5) is 14.6 Å². The highest BCUT2D eigenvalue weighted by Crippen LogP contribution is 2.31. The van der Waals surface area contributed by atoms with Crippen molar-refractivity contribution in [3.8, 4) is 11.8 Å². The summed E-state index contributed by atoms with van der Waals surface area (Å²) in [5.74, 6) is -1.69. The molecule has 0 bridgehead atoms. The number of hydrogen-bond donors (Lipinski definition) is 1. The molecule has 1 heterocycles. The van der Waals surface area contributed by atoms with Crippen molar-refractivity contribution in [2.45, 2.75) is 12.8 Å². The van der Waals surface area contributed by atoms with Crippen LogP contribution in [0.5, 0.6) is 5.75 Å². The van der Waals surface area contributed by atoms with E-state index in [2.05, 4.69) is 4.98 Å². The zero-order chi connectivity index (χ0) is 12.3. The van der Waals surface area contributed by atoms with Gasteiger partial charge >= 0.3 is 5.82 Å². The second kappa shape index (κ2) is 4.48. The Morgan fingerprint density at radius 3 is 2.75 bits per heavy atom. The third-order valence-electron chi connectivity index (χ3n) is 1.74.